The van der Waals surface area contributed by atoms with Gasteiger partial charge in [-0.3, -0.25) is 0 Å². The fraction of sp³-hybridized carbons (Fsp3) is 0.750. The van der Waals surface area contributed by atoms with Gasteiger partial charge in [-0.25, -0.2) is 0 Å². The Bertz CT molecular complexity index is 161. The number of nitrogens with one attached hydrogen (secondary N) is 1. The predicted molar refractivity (Wildman–Crippen MR) is 56.3 cm³/mol. The van der Waals surface area contributed by atoms with E-state index < -0.39 is 0 Å². The Labute approximate surface area is 79.9 Å². The molecule has 0 aromatic carbocycles. The molecule has 1 saturated heterocycles. The van der Waals surface area contributed by atoms with Crippen molar-refractivity contribution in [3.63, 3.8) is 0 Å². The zero-order valence-electron chi connectivity index (χ0n) is 5.62. The van der Waals surface area contributed by atoms with E-state index in [1.807, 2.05) is 18.3 Å². The molecule has 0 aromatic heterocycles. The predicted octanol–water partition coefficient (Wildman–Crippen LogP) is 1.36. The highest BCUT2D eigenvalue weighted by atomic mass is 32.3. The number of thiol groups is 1. The zero-order chi connectivity index (χ0) is 7.78. The third-order valence-electron chi connectivity index (χ3n) is 1.17. The molecule has 1 fully saturated rings. The van der Waals surface area contributed by atoms with Gasteiger partial charge in [-0.15, -0.1) is 24.4 Å². The zero-order valence-corrected chi connectivity index (χ0v) is 8.96. The Morgan fingerprint density at radius 3 is 2.70 bits per heavy atom. The molecule has 1 unspecified atom stereocenters. The molecular formula is C4H8N2S4. The highest BCUT2D eigenvalue weighted by molar-refractivity contribution is 8.38. The number of nitrogens with zero attached hydrogens (tertiary/aromatic N) is 1. The van der Waals surface area contributed by atoms with Crippen LogP contribution in [0.4, 0.5) is 0 Å². The van der Waals surface area contributed by atoms with E-state index >= 15 is 0 Å². The van der Waals surface area contributed by atoms with Gasteiger partial charge in [0.25, 0.3) is 0 Å². The molecule has 1 N–H and O–H groups in total. The molecule has 10 heavy (non-hydrogen) atoms. The van der Waals surface area contributed by atoms with Gasteiger partial charge in [0, 0.05) is 7.05 Å². The minimum Gasteiger partial charge on any atom is -0.301 e. The fourth-order valence-electron chi connectivity index (χ4n) is 0.598. The Balaban J connectivity index is 2.70. The summed E-state index contributed by atoms with van der Waals surface area (Å²) in [5.41, 5.74) is 2.99. The second-order valence-corrected chi connectivity index (χ2v) is 6.19. The van der Waals surface area contributed by atoms with Gasteiger partial charge in [-0.1, -0.05) is 12.2 Å². The van der Waals surface area contributed by atoms with Gasteiger partial charge in [-0.2, -0.15) is 5.01 Å². The highest BCUT2D eigenvalue weighted by Crippen LogP contribution is 2.44. The van der Waals surface area contributed by atoms with Crippen molar-refractivity contribution in [1.82, 2.24) is 10.4 Å². The van der Waals surface area contributed by atoms with Gasteiger partial charge in [0.15, 0.2) is 7.86 Å². The molecule has 6 heteroatoms. The van der Waals surface area contributed by atoms with Crippen LogP contribution in [0.15, 0.2) is 0 Å². The van der Waals surface area contributed by atoms with Crippen LogP contribution in [-0.2, 0) is 0 Å². The van der Waals surface area contributed by atoms with E-state index in [1.54, 1.807) is 23.5 Å². The van der Waals surface area contributed by atoms with Crippen molar-refractivity contribution in [2.45, 2.75) is 3.54 Å². The smallest absolute Gasteiger partial charge is 0.181 e. The fourth-order valence-corrected chi connectivity index (χ4v) is 3.27. The van der Waals surface area contributed by atoms with E-state index in [0.29, 0.717) is 0 Å². The number of thioether (sulfide) groups is 2. The average molecular weight is 212 g/mol. The number of hydrazine groups is 1. The Kier molecular flexibility index (Phi) is 2.79. The van der Waals surface area contributed by atoms with E-state index in [1.165, 1.54) is 0 Å². The standard InChI is InChI=1S/C4H8N2S4/c1-6-4(8,9-2)10-3(7)5-6/h8H,1-2H3,(H,5,7). The van der Waals surface area contributed by atoms with Crippen molar-refractivity contribution in [3.05, 3.63) is 0 Å². The van der Waals surface area contributed by atoms with Gasteiger partial charge in [-0.05, 0) is 18.0 Å². The molecular weight excluding hydrogens is 204 g/mol. The molecule has 0 amide bonds. The van der Waals surface area contributed by atoms with E-state index in [4.69, 9.17) is 12.2 Å². The summed E-state index contributed by atoms with van der Waals surface area (Å²) in [5.74, 6) is 0. The first kappa shape index (κ1) is 8.99. The summed E-state index contributed by atoms with van der Waals surface area (Å²) in [5, 5.41) is 1.90. The molecule has 1 aliphatic heterocycles. The number of rotatable bonds is 1. The summed E-state index contributed by atoms with van der Waals surface area (Å²) >= 11 is 12.6. The third kappa shape index (κ3) is 1.55. The molecule has 0 radical (unpaired) electrons. The normalized spacial score (nSPS) is 34.5. The lowest BCUT2D eigenvalue weighted by Crippen LogP contribution is -2.37. The molecule has 0 aromatic rings. The first-order valence-electron chi connectivity index (χ1n) is 2.59. The summed E-state index contributed by atoms with van der Waals surface area (Å²) in [7, 11) is 1.93. The minimum absolute atomic E-state index is 0.225. The van der Waals surface area contributed by atoms with Crippen LogP contribution < -0.4 is 5.43 Å². The lowest BCUT2D eigenvalue weighted by atomic mass is 11.1. The maximum absolute atomic E-state index is 4.96. The molecule has 1 heterocycles. The van der Waals surface area contributed by atoms with Crippen LogP contribution in [0.3, 0.4) is 0 Å². The molecule has 1 atom stereocenters. The first-order chi connectivity index (χ1) is 4.58. The van der Waals surface area contributed by atoms with Gasteiger partial charge in [0.2, 0.25) is 0 Å². The van der Waals surface area contributed by atoms with E-state index in [9.17, 15) is 0 Å². The van der Waals surface area contributed by atoms with Crippen LogP contribution in [0.1, 0.15) is 0 Å². The van der Waals surface area contributed by atoms with Crippen molar-refractivity contribution in [2.75, 3.05) is 13.3 Å². The van der Waals surface area contributed by atoms with E-state index in [-0.39, 0.29) is 3.54 Å². The van der Waals surface area contributed by atoms with Gasteiger partial charge in [0.05, 0.1) is 0 Å². The lowest BCUT2D eigenvalue weighted by molar-refractivity contribution is 0.326. The van der Waals surface area contributed by atoms with Crippen LogP contribution in [0.5, 0.6) is 0 Å². The van der Waals surface area contributed by atoms with E-state index in [2.05, 4.69) is 18.1 Å². The summed E-state index contributed by atoms with van der Waals surface area (Å²) < 4.78 is 0.559. The number of thiocarbonyl (C=S) groups is 1. The maximum atomic E-state index is 4.96. The second-order valence-electron chi connectivity index (χ2n) is 1.81. The number of hydrogen-bond donors (Lipinski definition) is 2. The van der Waals surface area contributed by atoms with Gasteiger partial charge in [0.1, 0.15) is 0 Å². The van der Waals surface area contributed by atoms with E-state index in [0.717, 1.165) is 4.32 Å². The van der Waals surface area contributed by atoms with Crippen molar-refractivity contribution in [2.24, 2.45) is 0 Å². The molecule has 58 valence electrons. The first-order valence-corrected chi connectivity index (χ1v) is 5.49. The van der Waals surface area contributed by atoms with Crippen LogP contribution in [0, 0.1) is 0 Å². The average Bonchev–Trinajstić information content (AvgIpc) is 2.09. The minimum atomic E-state index is -0.225. The Hall–Kier alpha value is 0.900. The third-order valence-corrected chi connectivity index (χ3v) is 5.01. The molecule has 0 saturated carbocycles. The summed E-state index contributed by atoms with van der Waals surface area (Å²) in [6, 6.07) is 0. The van der Waals surface area contributed by atoms with Gasteiger partial charge < -0.3 is 5.43 Å². The van der Waals surface area contributed by atoms with Crippen LogP contribution in [0.25, 0.3) is 0 Å². The van der Waals surface area contributed by atoms with Crippen LogP contribution in [-0.4, -0.2) is 26.2 Å². The number of hydrogen-bond acceptors (Lipinski definition) is 5. The van der Waals surface area contributed by atoms with Crippen molar-refractivity contribution in [3.8, 4) is 0 Å². The lowest BCUT2D eigenvalue weighted by Gasteiger charge is -2.25. The Morgan fingerprint density at radius 1 is 1.90 bits per heavy atom. The van der Waals surface area contributed by atoms with Crippen molar-refractivity contribution in [1.29, 1.82) is 0 Å². The molecule has 1 rings (SSSR count). The van der Waals surface area contributed by atoms with Crippen molar-refractivity contribution >= 4 is 52.7 Å². The second kappa shape index (κ2) is 3.10. The summed E-state index contributed by atoms with van der Waals surface area (Å²) in [6.07, 6.45) is 2.01. The summed E-state index contributed by atoms with van der Waals surface area (Å²) in [6.45, 7) is 0. The van der Waals surface area contributed by atoms with Gasteiger partial charge >= 0.3 is 0 Å². The Morgan fingerprint density at radius 2 is 2.50 bits per heavy atom. The largest absolute Gasteiger partial charge is 0.301 e. The topological polar surface area (TPSA) is 15.3 Å². The molecule has 2 nitrogen and oxygen atoms in total. The molecule has 0 bridgehead atoms. The highest BCUT2D eigenvalue weighted by Gasteiger charge is 2.38. The monoisotopic (exact) mass is 212 g/mol. The molecule has 1 aliphatic rings. The van der Waals surface area contributed by atoms with Crippen LogP contribution >= 0.6 is 48.4 Å². The SMILES string of the molecule is CSC1(S)SC(=S)NN1C. The maximum Gasteiger partial charge on any atom is 0.181 e. The van der Waals surface area contributed by atoms with Crippen molar-refractivity contribution < 1.29 is 0 Å². The molecule has 0 aliphatic carbocycles. The summed E-state index contributed by atoms with van der Waals surface area (Å²) in [4.78, 5) is 0. The molecule has 0 spiro atoms. The van der Waals surface area contributed by atoms with Crippen LogP contribution in [0.2, 0.25) is 0 Å². The quantitative estimate of drug-likeness (QED) is 0.386.